The van der Waals surface area contributed by atoms with E-state index >= 15 is 0 Å². The summed E-state index contributed by atoms with van der Waals surface area (Å²) in [6.07, 6.45) is -6.84. The Morgan fingerprint density at radius 1 is 1.17 bits per heavy atom. The molecule has 4 atom stereocenters. The molecule has 12 heavy (non-hydrogen) atoms. The van der Waals surface area contributed by atoms with Crippen LogP contribution in [0.2, 0.25) is 0 Å². The van der Waals surface area contributed by atoms with Crippen LogP contribution in [0.1, 0.15) is 1.43 Å². The lowest BCUT2D eigenvalue weighted by Crippen LogP contribution is -2.46. The highest BCUT2D eigenvalue weighted by Gasteiger charge is 2.29. The summed E-state index contributed by atoms with van der Waals surface area (Å²) in [4.78, 5) is 9.90. The third-order valence-corrected chi connectivity index (χ3v) is 1.42. The predicted octanol–water partition coefficient (Wildman–Crippen LogP) is -3.13. The molecule has 0 aliphatic carbocycles. The van der Waals surface area contributed by atoms with Gasteiger partial charge in [-0.15, -0.1) is 0 Å². The van der Waals surface area contributed by atoms with Gasteiger partial charge in [-0.3, -0.25) is 0 Å². The van der Waals surface area contributed by atoms with Gasteiger partial charge in [-0.05, 0) is 0 Å². The molecular formula is C6H14O6. The Kier molecular flexibility index (Phi) is 4.95. The monoisotopic (exact) mass is 182 g/mol. The van der Waals surface area contributed by atoms with Crippen molar-refractivity contribution in [1.29, 1.82) is 0 Å². The molecule has 0 aliphatic rings. The fraction of sp³-hybridized carbons (Fsp3) is 0.833. The fourth-order valence-corrected chi connectivity index (χ4v) is 0.618. The van der Waals surface area contributed by atoms with E-state index in [2.05, 4.69) is 0 Å². The highest BCUT2D eigenvalue weighted by molar-refractivity contribution is 5.56. The molecule has 0 aliphatic heterocycles. The van der Waals surface area contributed by atoms with Crippen LogP contribution < -0.4 is 0 Å². The lowest BCUT2D eigenvalue weighted by Gasteiger charge is -2.22. The SMILES string of the molecule is O=C[C@H](O)[C@@H](O)[C@H](O)[C@H](O)CO.[HH]. The maximum absolute atomic E-state index is 9.90. The normalized spacial score (nSPS) is 21.1. The van der Waals surface area contributed by atoms with E-state index in [1.807, 2.05) is 0 Å². The minimum Gasteiger partial charge on any atom is -0.394 e. The second-order valence-corrected chi connectivity index (χ2v) is 2.36. The molecule has 0 unspecified atom stereocenters. The van der Waals surface area contributed by atoms with E-state index in [9.17, 15) is 4.79 Å². The number of carbonyl (C=O) groups excluding carboxylic acids is 1. The quantitative estimate of drug-likeness (QED) is 0.287. The molecule has 0 heterocycles. The lowest BCUT2D eigenvalue weighted by molar-refractivity contribution is -0.136. The van der Waals surface area contributed by atoms with E-state index in [4.69, 9.17) is 25.5 Å². The molecular weight excluding hydrogens is 168 g/mol. The molecule has 0 saturated carbocycles. The summed E-state index contributed by atoms with van der Waals surface area (Å²) < 4.78 is 0. The molecule has 0 amide bonds. The van der Waals surface area contributed by atoms with Crippen molar-refractivity contribution in [2.45, 2.75) is 24.4 Å². The van der Waals surface area contributed by atoms with E-state index in [1.165, 1.54) is 0 Å². The van der Waals surface area contributed by atoms with Crippen molar-refractivity contribution in [1.82, 2.24) is 0 Å². The average molecular weight is 182 g/mol. The first kappa shape index (κ1) is 11.5. The minimum absolute atomic E-state index is 0. The molecule has 0 saturated heterocycles. The molecule has 5 N–H and O–H groups in total. The first-order valence-electron chi connectivity index (χ1n) is 3.33. The highest BCUT2D eigenvalue weighted by atomic mass is 16.4. The lowest BCUT2D eigenvalue weighted by atomic mass is 10.0. The number of hydrogen-bond donors (Lipinski definition) is 5. The van der Waals surface area contributed by atoms with Crippen molar-refractivity contribution < 1.29 is 31.8 Å². The van der Waals surface area contributed by atoms with Crippen molar-refractivity contribution in [3.8, 4) is 0 Å². The van der Waals surface area contributed by atoms with Gasteiger partial charge in [0.1, 0.15) is 24.4 Å². The van der Waals surface area contributed by atoms with Gasteiger partial charge in [-0.25, -0.2) is 0 Å². The summed E-state index contributed by atoms with van der Waals surface area (Å²) in [6.45, 7) is -0.760. The first-order chi connectivity index (χ1) is 5.54. The second-order valence-electron chi connectivity index (χ2n) is 2.36. The maximum atomic E-state index is 9.90. The molecule has 6 nitrogen and oxygen atoms in total. The highest BCUT2D eigenvalue weighted by Crippen LogP contribution is 2.02. The van der Waals surface area contributed by atoms with E-state index in [0.717, 1.165) is 0 Å². The predicted molar refractivity (Wildman–Crippen MR) is 39.3 cm³/mol. The number of carbonyl (C=O) groups is 1. The standard InChI is InChI=1S/C6H12O6.H2/c7-1-3(9)5(11)6(12)4(10)2-8;/h1,3-6,8-12H,2H2;1H/t3-,4+,5+,6+;/m0./s1. The molecule has 0 spiro atoms. The summed E-state index contributed by atoms with van der Waals surface area (Å²) in [7, 11) is 0. The van der Waals surface area contributed by atoms with Gasteiger partial charge in [-0.2, -0.15) is 0 Å². The molecule has 0 radical (unpaired) electrons. The molecule has 74 valence electrons. The molecule has 0 bridgehead atoms. The Morgan fingerprint density at radius 3 is 2.00 bits per heavy atom. The van der Waals surface area contributed by atoms with Crippen LogP contribution in [-0.4, -0.2) is 62.8 Å². The van der Waals surface area contributed by atoms with Crippen LogP contribution >= 0.6 is 0 Å². The zero-order chi connectivity index (χ0) is 9.72. The zero-order valence-corrected chi connectivity index (χ0v) is 6.24. The van der Waals surface area contributed by atoms with Crippen LogP contribution in [0.15, 0.2) is 0 Å². The largest absolute Gasteiger partial charge is 0.394 e. The summed E-state index contributed by atoms with van der Waals surface area (Å²) in [5, 5.41) is 43.5. The van der Waals surface area contributed by atoms with Gasteiger partial charge < -0.3 is 30.3 Å². The van der Waals surface area contributed by atoms with E-state index < -0.39 is 31.0 Å². The fourth-order valence-electron chi connectivity index (χ4n) is 0.618. The number of hydrogen-bond acceptors (Lipinski definition) is 6. The van der Waals surface area contributed by atoms with E-state index in [1.54, 1.807) is 0 Å². The summed E-state index contributed by atoms with van der Waals surface area (Å²) >= 11 is 0. The summed E-state index contributed by atoms with van der Waals surface area (Å²) in [6, 6.07) is 0. The van der Waals surface area contributed by atoms with E-state index in [0.29, 0.717) is 0 Å². The Morgan fingerprint density at radius 2 is 1.67 bits per heavy atom. The van der Waals surface area contributed by atoms with Gasteiger partial charge in [0, 0.05) is 1.43 Å². The van der Waals surface area contributed by atoms with Crippen LogP contribution in [0.4, 0.5) is 0 Å². The van der Waals surface area contributed by atoms with Crippen LogP contribution in [0.5, 0.6) is 0 Å². The Bertz CT molecular complexity index is 143. The van der Waals surface area contributed by atoms with Gasteiger partial charge in [-0.1, -0.05) is 0 Å². The molecule has 0 aromatic heterocycles. The van der Waals surface area contributed by atoms with Crippen molar-refractivity contribution >= 4 is 6.29 Å². The van der Waals surface area contributed by atoms with Crippen molar-refractivity contribution in [2.75, 3.05) is 6.61 Å². The van der Waals surface area contributed by atoms with Gasteiger partial charge in [0.05, 0.1) is 6.61 Å². The Balaban J connectivity index is 0. The van der Waals surface area contributed by atoms with Crippen molar-refractivity contribution in [3.63, 3.8) is 0 Å². The first-order valence-corrected chi connectivity index (χ1v) is 3.33. The maximum Gasteiger partial charge on any atom is 0.151 e. The molecule has 0 fully saturated rings. The number of aliphatic hydroxyl groups is 5. The molecule has 0 aromatic carbocycles. The van der Waals surface area contributed by atoms with Gasteiger partial charge in [0.25, 0.3) is 0 Å². The topological polar surface area (TPSA) is 118 Å². The zero-order valence-electron chi connectivity index (χ0n) is 6.24. The molecule has 0 aromatic rings. The summed E-state index contributed by atoms with van der Waals surface area (Å²) in [5.74, 6) is 0. The van der Waals surface area contributed by atoms with Crippen molar-refractivity contribution in [3.05, 3.63) is 0 Å². The second kappa shape index (κ2) is 5.18. The van der Waals surface area contributed by atoms with Crippen LogP contribution in [0.3, 0.4) is 0 Å². The number of rotatable bonds is 5. The smallest absolute Gasteiger partial charge is 0.151 e. The van der Waals surface area contributed by atoms with Crippen LogP contribution in [0.25, 0.3) is 0 Å². The molecule has 6 heteroatoms. The van der Waals surface area contributed by atoms with Crippen LogP contribution in [-0.2, 0) is 4.79 Å². The molecule has 0 rings (SSSR count). The third kappa shape index (κ3) is 2.84. The number of aliphatic hydroxyl groups excluding tert-OH is 5. The van der Waals surface area contributed by atoms with E-state index in [-0.39, 0.29) is 7.71 Å². The average Bonchev–Trinajstić information content (AvgIpc) is 2.12. The number of aldehydes is 1. The third-order valence-electron chi connectivity index (χ3n) is 1.42. The van der Waals surface area contributed by atoms with Gasteiger partial charge in [0.15, 0.2) is 6.29 Å². The van der Waals surface area contributed by atoms with Gasteiger partial charge in [0.2, 0.25) is 0 Å². The van der Waals surface area contributed by atoms with Crippen molar-refractivity contribution in [2.24, 2.45) is 0 Å². The van der Waals surface area contributed by atoms with Crippen LogP contribution in [0, 0.1) is 0 Å². The minimum atomic E-state index is -1.79. The summed E-state index contributed by atoms with van der Waals surface area (Å²) in [5.41, 5.74) is 0. The Labute approximate surface area is 70.2 Å². The Hall–Kier alpha value is -0.530. The van der Waals surface area contributed by atoms with Gasteiger partial charge >= 0.3 is 0 Å².